The zero-order chi connectivity index (χ0) is 24.1. The lowest BCUT2D eigenvalue weighted by atomic mass is 10.1. The summed E-state index contributed by atoms with van der Waals surface area (Å²) >= 11 is 5.92. The number of rotatable bonds is 8. The van der Waals surface area contributed by atoms with E-state index < -0.39 is 16.1 Å². The van der Waals surface area contributed by atoms with Gasteiger partial charge in [0.25, 0.3) is 15.9 Å². The summed E-state index contributed by atoms with van der Waals surface area (Å²) in [4.78, 5) is 12.9. The summed E-state index contributed by atoms with van der Waals surface area (Å²) in [5, 5.41) is 5.18. The maximum absolute atomic E-state index is 12.9. The van der Waals surface area contributed by atoms with E-state index in [1.807, 2.05) is 49.4 Å². The Morgan fingerprint density at radius 3 is 2.35 bits per heavy atom. The smallest absolute Gasteiger partial charge is 0.265 e. The molecular formula is C26H23ClN2O4S. The third-order valence-corrected chi connectivity index (χ3v) is 6.82. The predicted octanol–water partition coefficient (Wildman–Crippen LogP) is 6.09. The molecule has 4 rings (SSSR count). The average Bonchev–Trinajstić information content (AvgIpc) is 2.82. The summed E-state index contributed by atoms with van der Waals surface area (Å²) in [7, 11) is -3.80. The van der Waals surface area contributed by atoms with Crippen LogP contribution in [0, 0.1) is 0 Å². The summed E-state index contributed by atoms with van der Waals surface area (Å²) < 4.78 is 33.8. The van der Waals surface area contributed by atoms with Crippen LogP contribution in [0.1, 0.15) is 13.3 Å². The second-order valence-electron chi connectivity index (χ2n) is 7.62. The van der Waals surface area contributed by atoms with Crippen LogP contribution < -0.4 is 14.8 Å². The zero-order valence-corrected chi connectivity index (χ0v) is 19.9. The third-order valence-electron chi connectivity index (χ3n) is 5.19. The topological polar surface area (TPSA) is 84.5 Å². The van der Waals surface area contributed by atoms with Crippen LogP contribution in [0.3, 0.4) is 0 Å². The molecule has 4 aromatic rings. The van der Waals surface area contributed by atoms with Crippen molar-refractivity contribution in [1.29, 1.82) is 0 Å². The first-order valence-electron chi connectivity index (χ1n) is 10.7. The molecule has 1 atom stereocenters. The molecule has 8 heteroatoms. The first-order valence-corrected chi connectivity index (χ1v) is 12.6. The Kier molecular flexibility index (Phi) is 7.05. The highest BCUT2D eigenvalue weighted by Gasteiger charge is 2.20. The maximum Gasteiger partial charge on any atom is 0.265 e. The van der Waals surface area contributed by atoms with Crippen LogP contribution in [0.2, 0.25) is 5.02 Å². The van der Waals surface area contributed by atoms with Crippen molar-refractivity contribution < 1.29 is 17.9 Å². The molecule has 0 aromatic heterocycles. The molecule has 34 heavy (non-hydrogen) atoms. The molecule has 0 spiro atoms. The standard InChI is InChI=1S/C26H23ClN2O4S/c1-2-24(33-25-12-5-8-18-7-3-4-11-23(18)25)26(30)28-20-13-15-22(16-14-20)34(31,32)29-21-10-6-9-19(27)17-21/h3-17,24,29H,2H2,1H3,(H,28,30)/t24-/m0/s1. The number of hydrogen-bond donors (Lipinski definition) is 2. The van der Waals surface area contributed by atoms with Crippen molar-refractivity contribution in [3.8, 4) is 5.75 Å². The minimum Gasteiger partial charge on any atom is -0.480 e. The van der Waals surface area contributed by atoms with Gasteiger partial charge in [-0.15, -0.1) is 0 Å². The van der Waals surface area contributed by atoms with Crippen molar-refractivity contribution in [2.75, 3.05) is 10.0 Å². The van der Waals surface area contributed by atoms with Crippen LogP contribution >= 0.6 is 11.6 Å². The Morgan fingerprint density at radius 2 is 1.62 bits per heavy atom. The molecule has 0 bridgehead atoms. The molecule has 174 valence electrons. The van der Waals surface area contributed by atoms with Crippen molar-refractivity contribution in [1.82, 2.24) is 0 Å². The number of fused-ring (bicyclic) bond motifs is 1. The molecule has 0 radical (unpaired) electrons. The lowest BCUT2D eigenvalue weighted by Crippen LogP contribution is -2.32. The Morgan fingerprint density at radius 1 is 0.912 bits per heavy atom. The van der Waals surface area contributed by atoms with E-state index in [4.69, 9.17) is 16.3 Å². The molecule has 0 aliphatic rings. The van der Waals surface area contributed by atoms with E-state index in [9.17, 15) is 13.2 Å². The number of halogens is 1. The van der Waals surface area contributed by atoms with Gasteiger partial charge in [-0.05, 0) is 60.3 Å². The van der Waals surface area contributed by atoms with Gasteiger partial charge in [0.05, 0.1) is 10.6 Å². The zero-order valence-electron chi connectivity index (χ0n) is 18.4. The first kappa shape index (κ1) is 23.6. The van der Waals surface area contributed by atoms with E-state index in [1.54, 1.807) is 18.2 Å². The van der Waals surface area contributed by atoms with Gasteiger partial charge in [-0.25, -0.2) is 8.42 Å². The quantitative estimate of drug-likeness (QED) is 0.310. The third kappa shape index (κ3) is 5.50. The number of hydrogen-bond acceptors (Lipinski definition) is 4. The normalized spacial score (nSPS) is 12.2. The number of benzene rings is 4. The van der Waals surface area contributed by atoms with Crippen LogP contribution in [0.4, 0.5) is 11.4 Å². The minimum atomic E-state index is -3.80. The molecular weight excluding hydrogens is 472 g/mol. The van der Waals surface area contributed by atoms with E-state index in [0.29, 0.717) is 28.6 Å². The summed E-state index contributed by atoms with van der Waals surface area (Å²) in [5.41, 5.74) is 0.827. The fraction of sp³-hybridized carbons (Fsp3) is 0.115. The molecule has 0 heterocycles. The van der Waals surface area contributed by atoms with Gasteiger partial charge >= 0.3 is 0 Å². The van der Waals surface area contributed by atoms with E-state index in [1.165, 1.54) is 30.3 Å². The second-order valence-corrected chi connectivity index (χ2v) is 9.74. The average molecular weight is 495 g/mol. The molecule has 0 saturated heterocycles. The van der Waals surface area contributed by atoms with Gasteiger partial charge in [-0.1, -0.05) is 61.0 Å². The molecule has 2 N–H and O–H groups in total. The summed E-state index contributed by atoms with van der Waals surface area (Å²) in [6.45, 7) is 1.87. The van der Waals surface area contributed by atoms with Crippen molar-refractivity contribution in [3.63, 3.8) is 0 Å². The fourth-order valence-electron chi connectivity index (χ4n) is 3.48. The molecule has 0 aliphatic heterocycles. The van der Waals surface area contributed by atoms with Gasteiger partial charge in [0.15, 0.2) is 6.10 Å². The highest BCUT2D eigenvalue weighted by molar-refractivity contribution is 7.92. The van der Waals surface area contributed by atoms with Crippen LogP contribution in [-0.2, 0) is 14.8 Å². The van der Waals surface area contributed by atoms with Crippen LogP contribution in [0.25, 0.3) is 10.8 Å². The van der Waals surface area contributed by atoms with Gasteiger partial charge < -0.3 is 10.1 Å². The summed E-state index contributed by atoms with van der Waals surface area (Å²) in [6.07, 6.45) is -0.246. The molecule has 0 saturated carbocycles. The van der Waals surface area contributed by atoms with E-state index >= 15 is 0 Å². The van der Waals surface area contributed by atoms with Gasteiger partial charge in [-0.3, -0.25) is 9.52 Å². The Labute approximate surface area is 203 Å². The van der Waals surface area contributed by atoms with Gasteiger partial charge in [0.1, 0.15) is 5.75 Å². The lowest BCUT2D eigenvalue weighted by molar-refractivity contribution is -0.122. The SMILES string of the molecule is CC[C@H](Oc1cccc2ccccc12)C(=O)Nc1ccc(S(=O)(=O)Nc2cccc(Cl)c2)cc1. The first-order chi connectivity index (χ1) is 16.4. The van der Waals surface area contributed by atoms with Gasteiger partial charge in [0, 0.05) is 16.1 Å². The number of carbonyl (C=O) groups excluding carboxylic acids is 1. The second kappa shape index (κ2) is 10.2. The Bertz CT molecular complexity index is 1420. The Hall–Kier alpha value is -3.55. The van der Waals surface area contributed by atoms with Crippen molar-refractivity contribution in [2.45, 2.75) is 24.3 Å². The highest BCUT2D eigenvalue weighted by atomic mass is 35.5. The number of ether oxygens (including phenoxy) is 1. The molecule has 1 amide bonds. The van der Waals surface area contributed by atoms with E-state index in [0.717, 1.165) is 10.8 Å². The van der Waals surface area contributed by atoms with E-state index in [2.05, 4.69) is 10.0 Å². The maximum atomic E-state index is 12.9. The van der Waals surface area contributed by atoms with Crippen molar-refractivity contribution in [2.24, 2.45) is 0 Å². The Balaban J connectivity index is 1.45. The molecule has 0 fully saturated rings. The van der Waals surface area contributed by atoms with Gasteiger partial charge in [0.2, 0.25) is 0 Å². The molecule has 0 aliphatic carbocycles. The molecule has 6 nitrogen and oxygen atoms in total. The van der Waals surface area contributed by atoms with Crippen LogP contribution in [-0.4, -0.2) is 20.4 Å². The largest absolute Gasteiger partial charge is 0.480 e. The highest BCUT2D eigenvalue weighted by Crippen LogP contribution is 2.27. The van der Waals surface area contributed by atoms with Crippen molar-refractivity contribution in [3.05, 3.63) is 96.0 Å². The predicted molar refractivity (Wildman–Crippen MR) is 136 cm³/mol. The monoisotopic (exact) mass is 494 g/mol. The number of nitrogens with one attached hydrogen (secondary N) is 2. The number of carbonyl (C=O) groups is 1. The minimum absolute atomic E-state index is 0.0597. The summed E-state index contributed by atoms with van der Waals surface area (Å²) in [5.74, 6) is 0.316. The number of amides is 1. The van der Waals surface area contributed by atoms with Crippen LogP contribution in [0.5, 0.6) is 5.75 Å². The lowest BCUT2D eigenvalue weighted by Gasteiger charge is -2.18. The number of anilines is 2. The fourth-order valence-corrected chi connectivity index (χ4v) is 4.72. The molecule has 4 aromatic carbocycles. The van der Waals surface area contributed by atoms with E-state index in [-0.39, 0.29) is 10.8 Å². The number of sulfonamides is 1. The van der Waals surface area contributed by atoms with Crippen molar-refractivity contribution >= 4 is 49.7 Å². The summed E-state index contributed by atoms with van der Waals surface area (Å²) in [6, 6.07) is 25.9. The molecule has 0 unspecified atom stereocenters. The van der Waals surface area contributed by atoms with Gasteiger partial charge in [-0.2, -0.15) is 0 Å². The van der Waals surface area contributed by atoms with Crippen LogP contribution in [0.15, 0.2) is 95.9 Å².